The lowest BCUT2D eigenvalue weighted by Crippen LogP contribution is -1.98. The molecule has 1 aliphatic heterocycles. The van der Waals surface area contributed by atoms with Gasteiger partial charge >= 0.3 is 0 Å². The average Bonchev–Trinajstić information content (AvgIpc) is 2.70. The van der Waals surface area contributed by atoms with Crippen molar-refractivity contribution < 1.29 is 9.84 Å². The summed E-state index contributed by atoms with van der Waals surface area (Å²) in [5.41, 5.74) is 4.83. The molecule has 104 valence electrons. The Labute approximate surface area is 123 Å². The van der Waals surface area contributed by atoms with E-state index >= 15 is 0 Å². The first-order chi connectivity index (χ1) is 10.2. The van der Waals surface area contributed by atoms with Gasteiger partial charge in [-0.3, -0.25) is 4.98 Å². The maximum absolute atomic E-state index is 9.32. The van der Waals surface area contributed by atoms with Crippen molar-refractivity contribution in [2.24, 2.45) is 0 Å². The number of nitrogens with zero attached hydrogens (tertiary/aromatic N) is 2. The van der Waals surface area contributed by atoms with Gasteiger partial charge in [0.2, 0.25) is 0 Å². The summed E-state index contributed by atoms with van der Waals surface area (Å²) >= 11 is 0. The molecule has 0 radical (unpaired) electrons. The van der Waals surface area contributed by atoms with E-state index in [0.29, 0.717) is 17.9 Å². The third-order valence-electron chi connectivity index (χ3n) is 3.56. The van der Waals surface area contributed by atoms with Crippen LogP contribution in [0.4, 0.5) is 0 Å². The SMILES string of the molecule is C/C(C#N)=C1/c2ccc(CO)cc2OCc2ncccc21. The van der Waals surface area contributed by atoms with Gasteiger partial charge in [0.1, 0.15) is 12.4 Å². The number of fused-ring (bicyclic) bond motifs is 2. The molecule has 0 saturated carbocycles. The van der Waals surface area contributed by atoms with Crippen molar-refractivity contribution in [1.29, 1.82) is 5.26 Å². The van der Waals surface area contributed by atoms with Crippen LogP contribution in [-0.2, 0) is 13.2 Å². The maximum atomic E-state index is 9.32. The van der Waals surface area contributed by atoms with Crippen molar-refractivity contribution >= 4 is 5.57 Å². The van der Waals surface area contributed by atoms with E-state index in [2.05, 4.69) is 11.1 Å². The zero-order valence-corrected chi connectivity index (χ0v) is 11.6. The predicted octanol–water partition coefficient (Wildman–Crippen LogP) is 2.81. The van der Waals surface area contributed by atoms with E-state index in [9.17, 15) is 10.4 Å². The lowest BCUT2D eigenvalue weighted by molar-refractivity contribution is 0.277. The molecule has 0 aliphatic carbocycles. The van der Waals surface area contributed by atoms with Crippen LogP contribution in [0.25, 0.3) is 5.57 Å². The van der Waals surface area contributed by atoms with Gasteiger partial charge in [0, 0.05) is 28.5 Å². The van der Waals surface area contributed by atoms with Crippen molar-refractivity contribution in [1.82, 2.24) is 4.98 Å². The Hall–Kier alpha value is -2.64. The van der Waals surface area contributed by atoms with E-state index in [1.807, 2.05) is 30.3 Å². The number of benzene rings is 1. The van der Waals surface area contributed by atoms with Crippen LogP contribution in [0.1, 0.15) is 29.3 Å². The molecular formula is C17H14N2O2. The van der Waals surface area contributed by atoms with Crippen LogP contribution >= 0.6 is 0 Å². The largest absolute Gasteiger partial charge is 0.487 e. The monoisotopic (exact) mass is 278 g/mol. The first-order valence-corrected chi connectivity index (χ1v) is 6.66. The molecule has 0 saturated heterocycles. The van der Waals surface area contributed by atoms with Crippen molar-refractivity contribution in [3.8, 4) is 11.8 Å². The third kappa shape index (κ3) is 2.28. The molecule has 3 rings (SSSR count). The molecule has 0 fully saturated rings. The van der Waals surface area contributed by atoms with Crippen LogP contribution in [0.3, 0.4) is 0 Å². The highest BCUT2D eigenvalue weighted by molar-refractivity contribution is 5.87. The van der Waals surface area contributed by atoms with Crippen LogP contribution in [-0.4, -0.2) is 10.1 Å². The number of hydrogen-bond acceptors (Lipinski definition) is 4. The lowest BCUT2D eigenvalue weighted by atomic mass is 9.92. The first kappa shape index (κ1) is 13.3. The quantitative estimate of drug-likeness (QED) is 0.815. The lowest BCUT2D eigenvalue weighted by Gasteiger charge is -2.11. The minimum atomic E-state index is -0.0435. The second kappa shape index (κ2) is 5.39. The molecule has 0 unspecified atom stereocenters. The number of rotatable bonds is 1. The molecule has 1 aliphatic rings. The van der Waals surface area contributed by atoms with Gasteiger partial charge in [-0.1, -0.05) is 18.2 Å². The number of hydrogen-bond donors (Lipinski definition) is 1. The van der Waals surface area contributed by atoms with Gasteiger partial charge < -0.3 is 9.84 Å². The molecular weight excluding hydrogens is 264 g/mol. The summed E-state index contributed by atoms with van der Waals surface area (Å²) < 4.78 is 5.83. The standard InChI is InChI=1S/C17H14N2O2/c1-11(8-18)17-13-3-2-6-19-15(13)10-21-16-7-12(9-20)4-5-14(16)17/h2-7,20H,9-10H2,1H3/b17-11-. The summed E-state index contributed by atoms with van der Waals surface area (Å²) in [4.78, 5) is 4.35. The molecule has 21 heavy (non-hydrogen) atoms. The normalized spacial score (nSPS) is 15.1. The Balaban J connectivity index is 2.30. The number of nitriles is 1. The van der Waals surface area contributed by atoms with Crippen molar-refractivity contribution in [2.75, 3.05) is 0 Å². The molecule has 2 heterocycles. The Morgan fingerprint density at radius 1 is 1.38 bits per heavy atom. The Morgan fingerprint density at radius 3 is 3.00 bits per heavy atom. The Bertz CT molecular complexity index is 773. The van der Waals surface area contributed by atoms with Crippen LogP contribution in [0, 0.1) is 11.3 Å². The number of ether oxygens (including phenoxy) is 1. The van der Waals surface area contributed by atoms with Gasteiger partial charge in [0.15, 0.2) is 0 Å². The van der Waals surface area contributed by atoms with Crippen LogP contribution < -0.4 is 4.74 Å². The molecule has 0 atom stereocenters. The summed E-state index contributed by atoms with van der Waals surface area (Å²) in [5.74, 6) is 0.671. The van der Waals surface area contributed by atoms with E-state index in [1.54, 1.807) is 13.1 Å². The zero-order chi connectivity index (χ0) is 14.8. The van der Waals surface area contributed by atoms with Gasteiger partial charge in [-0.2, -0.15) is 5.26 Å². The highest BCUT2D eigenvalue weighted by Gasteiger charge is 2.22. The maximum Gasteiger partial charge on any atom is 0.131 e. The molecule has 2 aromatic rings. The van der Waals surface area contributed by atoms with Crippen LogP contribution in [0.15, 0.2) is 42.1 Å². The van der Waals surface area contributed by atoms with Crippen LogP contribution in [0.2, 0.25) is 0 Å². The van der Waals surface area contributed by atoms with Gasteiger partial charge in [0.25, 0.3) is 0 Å². The summed E-state index contributed by atoms with van der Waals surface area (Å²) in [7, 11) is 0. The number of allylic oxidation sites excluding steroid dienone is 1. The number of pyridine rings is 1. The first-order valence-electron chi connectivity index (χ1n) is 6.66. The minimum absolute atomic E-state index is 0.0435. The number of aromatic nitrogens is 1. The fourth-order valence-corrected chi connectivity index (χ4v) is 2.52. The van der Waals surface area contributed by atoms with Crippen molar-refractivity contribution in [3.63, 3.8) is 0 Å². The zero-order valence-electron chi connectivity index (χ0n) is 11.6. The van der Waals surface area contributed by atoms with Crippen molar-refractivity contribution in [2.45, 2.75) is 20.1 Å². The molecule has 4 heteroatoms. The molecule has 4 nitrogen and oxygen atoms in total. The fourth-order valence-electron chi connectivity index (χ4n) is 2.52. The molecule has 0 bridgehead atoms. The second-order valence-corrected chi connectivity index (χ2v) is 4.89. The number of aliphatic hydroxyl groups is 1. The summed E-state index contributed by atoms with van der Waals surface area (Å²) in [6.45, 7) is 2.10. The number of aliphatic hydroxyl groups excluding tert-OH is 1. The minimum Gasteiger partial charge on any atom is -0.487 e. The second-order valence-electron chi connectivity index (χ2n) is 4.89. The summed E-state index contributed by atoms with van der Waals surface area (Å²) in [6.07, 6.45) is 1.72. The molecule has 1 aromatic heterocycles. The molecule has 0 spiro atoms. The Kier molecular flexibility index (Phi) is 3.43. The Morgan fingerprint density at radius 2 is 2.24 bits per heavy atom. The van der Waals surface area contributed by atoms with E-state index < -0.39 is 0 Å². The molecule has 0 amide bonds. The summed E-state index contributed by atoms with van der Waals surface area (Å²) in [5, 5.41) is 18.6. The van der Waals surface area contributed by atoms with Crippen molar-refractivity contribution in [3.05, 3.63) is 64.5 Å². The highest BCUT2D eigenvalue weighted by Crippen LogP contribution is 2.38. The topological polar surface area (TPSA) is 66.1 Å². The van der Waals surface area contributed by atoms with E-state index in [1.165, 1.54) is 0 Å². The van der Waals surface area contributed by atoms with E-state index in [0.717, 1.165) is 28.0 Å². The third-order valence-corrected chi connectivity index (χ3v) is 3.56. The highest BCUT2D eigenvalue weighted by atomic mass is 16.5. The average molecular weight is 278 g/mol. The molecule has 1 aromatic carbocycles. The predicted molar refractivity (Wildman–Crippen MR) is 78.2 cm³/mol. The van der Waals surface area contributed by atoms with E-state index in [-0.39, 0.29) is 6.61 Å². The van der Waals surface area contributed by atoms with Gasteiger partial charge in [-0.15, -0.1) is 0 Å². The van der Waals surface area contributed by atoms with Crippen LogP contribution in [0.5, 0.6) is 5.75 Å². The smallest absolute Gasteiger partial charge is 0.131 e. The molecule has 1 N–H and O–H groups in total. The summed E-state index contributed by atoms with van der Waals surface area (Å²) in [6, 6.07) is 11.6. The van der Waals surface area contributed by atoms with E-state index in [4.69, 9.17) is 4.74 Å². The van der Waals surface area contributed by atoms with Gasteiger partial charge in [-0.05, 0) is 24.6 Å². The van der Waals surface area contributed by atoms with Gasteiger partial charge in [0.05, 0.1) is 18.4 Å². The van der Waals surface area contributed by atoms with Gasteiger partial charge in [-0.25, -0.2) is 0 Å². The fraction of sp³-hybridized carbons (Fsp3) is 0.176.